The molecule has 1 aliphatic heterocycles. The Labute approximate surface area is 202 Å². The Kier molecular flexibility index (Phi) is 5.94. The zero-order valence-corrected chi connectivity index (χ0v) is 19.6. The summed E-state index contributed by atoms with van der Waals surface area (Å²) in [6.45, 7) is 4.18. The van der Waals surface area contributed by atoms with Crippen molar-refractivity contribution in [1.29, 1.82) is 0 Å². The first-order valence-corrected chi connectivity index (χ1v) is 11.5. The first-order chi connectivity index (χ1) is 16.8. The van der Waals surface area contributed by atoms with Crippen LogP contribution in [0.15, 0.2) is 63.6 Å². The van der Waals surface area contributed by atoms with Crippen LogP contribution < -0.4 is 5.73 Å². The van der Waals surface area contributed by atoms with Gasteiger partial charge in [0.15, 0.2) is 0 Å². The van der Waals surface area contributed by atoms with Gasteiger partial charge in [0.1, 0.15) is 18.1 Å². The van der Waals surface area contributed by atoms with Crippen LogP contribution in [0.5, 0.6) is 0 Å². The summed E-state index contributed by atoms with van der Waals surface area (Å²) >= 11 is 0. The highest BCUT2D eigenvalue weighted by Gasteiger charge is 2.34. The van der Waals surface area contributed by atoms with Crippen LogP contribution in [0, 0.1) is 12.7 Å². The molecule has 2 atom stereocenters. The highest BCUT2D eigenvalue weighted by molar-refractivity contribution is 5.95. The van der Waals surface area contributed by atoms with Crippen LogP contribution in [0.4, 0.5) is 4.39 Å². The molecule has 1 fully saturated rings. The molecule has 0 bridgehead atoms. The summed E-state index contributed by atoms with van der Waals surface area (Å²) in [5, 5.41) is 8.12. The number of carbonyl (C=O) groups excluding carboxylic acids is 1. The first-order valence-electron chi connectivity index (χ1n) is 11.5. The monoisotopic (exact) mass is 475 g/mol. The molecule has 180 valence electrons. The van der Waals surface area contributed by atoms with Gasteiger partial charge in [-0.1, -0.05) is 30.3 Å². The molecular formula is C26H26FN5O3. The number of aromatic nitrogens is 3. The second-order valence-corrected chi connectivity index (χ2v) is 9.17. The molecule has 1 saturated heterocycles. The number of nitrogens with two attached hydrogens (primary N) is 1. The molecule has 2 aromatic carbocycles. The van der Waals surface area contributed by atoms with E-state index in [0.717, 1.165) is 24.1 Å². The lowest BCUT2D eigenvalue weighted by molar-refractivity contribution is 0.0715. The van der Waals surface area contributed by atoms with Gasteiger partial charge < -0.3 is 19.5 Å². The van der Waals surface area contributed by atoms with E-state index in [9.17, 15) is 9.18 Å². The smallest absolute Gasteiger partial charge is 0.254 e. The van der Waals surface area contributed by atoms with E-state index in [-0.39, 0.29) is 29.3 Å². The average molecular weight is 476 g/mol. The van der Waals surface area contributed by atoms with Gasteiger partial charge in [-0.3, -0.25) is 4.79 Å². The number of hydrogen-bond acceptors (Lipinski definition) is 7. The van der Waals surface area contributed by atoms with Crippen molar-refractivity contribution in [2.45, 2.75) is 44.7 Å². The van der Waals surface area contributed by atoms with E-state index in [1.54, 1.807) is 18.1 Å². The quantitative estimate of drug-likeness (QED) is 0.435. The minimum Gasteiger partial charge on any atom is -0.446 e. The summed E-state index contributed by atoms with van der Waals surface area (Å²) < 4.78 is 26.1. The van der Waals surface area contributed by atoms with Crippen molar-refractivity contribution < 1.29 is 18.0 Å². The van der Waals surface area contributed by atoms with E-state index >= 15 is 0 Å². The van der Waals surface area contributed by atoms with Crippen LogP contribution >= 0.6 is 0 Å². The van der Waals surface area contributed by atoms with E-state index in [2.05, 4.69) is 15.2 Å². The third kappa shape index (κ3) is 4.59. The number of carbonyl (C=O) groups is 1. The fraction of sp³-hybridized carbons (Fsp3) is 0.308. The molecule has 0 saturated carbocycles. The Hall–Kier alpha value is -3.85. The second-order valence-electron chi connectivity index (χ2n) is 9.17. The highest BCUT2D eigenvalue weighted by atomic mass is 19.1. The lowest BCUT2D eigenvalue weighted by Crippen LogP contribution is -2.35. The SMILES string of the molecule is Cc1coc([C@H]2CCCN2C(=O)c2ccc(F)c(-c3nnc([C@](C)(N)Cc4ccccc4)o3)c2)n1. The number of halogens is 1. The standard InChI is InChI=1S/C26H26FN5O3/c1-16-15-34-23(29-16)21-9-6-12-32(21)24(33)18-10-11-20(27)19(13-18)22-30-31-25(35-22)26(2,28)14-17-7-4-3-5-8-17/h3-5,7-8,10-11,13,15,21H,6,9,12,14,28H2,1-2H3/t21-,26-/m1/s1. The fourth-order valence-electron chi connectivity index (χ4n) is 4.44. The maximum Gasteiger partial charge on any atom is 0.254 e. The third-order valence-corrected chi connectivity index (χ3v) is 6.21. The molecule has 0 spiro atoms. The van der Waals surface area contributed by atoms with Crippen molar-refractivity contribution in [3.05, 3.63) is 89.2 Å². The molecule has 0 radical (unpaired) electrons. The lowest BCUT2D eigenvalue weighted by atomic mass is 9.94. The Bertz CT molecular complexity index is 1350. The molecule has 3 heterocycles. The van der Waals surface area contributed by atoms with Gasteiger partial charge in [-0.05, 0) is 56.9 Å². The predicted molar refractivity (Wildman–Crippen MR) is 126 cm³/mol. The van der Waals surface area contributed by atoms with Gasteiger partial charge in [-0.15, -0.1) is 10.2 Å². The van der Waals surface area contributed by atoms with E-state index in [0.29, 0.717) is 24.4 Å². The van der Waals surface area contributed by atoms with Crippen molar-refractivity contribution in [3.8, 4) is 11.5 Å². The van der Waals surface area contributed by atoms with Gasteiger partial charge in [0.2, 0.25) is 11.8 Å². The number of aryl methyl sites for hydroxylation is 1. The molecule has 0 aliphatic carbocycles. The maximum atomic E-state index is 14.8. The summed E-state index contributed by atoms with van der Waals surface area (Å²) in [5.41, 5.74) is 7.65. The van der Waals surface area contributed by atoms with E-state index in [4.69, 9.17) is 14.6 Å². The maximum absolute atomic E-state index is 14.8. The van der Waals surface area contributed by atoms with E-state index < -0.39 is 11.4 Å². The highest BCUT2D eigenvalue weighted by Crippen LogP contribution is 2.34. The average Bonchev–Trinajstić information content (AvgIpc) is 3.60. The molecular weight excluding hydrogens is 449 g/mol. The number of nitrogens with zero attached hydrogens (tertiary/aromatic N) is 4. The number of rotatable bonds is 6. The van der Waals surface area contributed by atoms with Crippen molar-refractivity contribution in [3.63, 3.8) is 0 Å². The largest absolute Gasteiger partial charge is 0.446 e. The number of likely N-dealkylation sites (tertiary alicyclic amines) is 1. The molecule has 35 heavy (non-hydrogen) atoms. The minimum atomic E-state index is -0.951. The molecule has 1 amide bonds. The molecule has 2 N–H and O–H groups in total. The topological polar surface area (TPSA) is 111 Å². The summed E-state index contributed by atoms with van der Waals surface area (Å²) in [6, 6.07) is 13.6. The Morgan fingerprint density at radius 1 is 1.23 bits per heavy atom. The molecule has 8 nitrogen and oxygen atoms in total. The van der Waals surface area contributed by atoms with Crippen LogP contribution in [0.1, 0.15) is 59.2 Å². The summed E-state index contributed by atoms with van der Waals surface area (Å²) in [7, 11) is 0. The number of hydrogen-bond donors (Lipinski definition) is 1. The van der Waals surface area contributed by atoms with Crippen molar-refractivity contribution in [2.75, 3.05) is 6.54 Å². The molecule has 0 unspecified atom stereocenters. The second kappa shape index (κ2) is 9.07. The van der Waals surface area contributed by atoms with Gasteiger partial charge >= 0.3 is 0 Å². The van der Waals surface area contributed by atoms with Gasteiger partial charge in [0, 0.05) is 12.1 Å². The zero-order valence-electron chi connectivity index (χ0n) is 19.6. The Morgan fingerprint density at radius 3 is 2.77 bits per heavy atom. The molecule has 1 aliphatic rings. The van der Waals surface area contributed by atoms with Gasteiger partial charge in [0.25, 0.3) is 11.8 Å². The third-order valence-electron chi connectivity index (χ3n) is 6.21. The normalized spacial score (nSPS) is 17.5. The van der Waals surface area contributed by atoms with Crippen LogP contribution in [0.25, 0.3) is 11.5 Å². The lowest BCUT2D eigenvalue weighted by Gasteiger charge is -2.22. The fourth-order valence-corrected chi connectivity index (χ4v) is 4.44. The van der Waals surface area contributed by atoms with Crippen molar-refractivity contribution in [1.82, 2.24) is 20.1 Å². The molecule has 2 aromatic heterocycles. The number of benzene rings is 2. The van der Waals surface area contributed by atoms with Gasteiger partial charge in [-0.25, -0.2) is 9.37 Å². The first kappa shape index (κ1) is 22.9. The molecule has 5 rings (SSSR count). The predicted octanol–water partition coefficient (Wildman–Crippen LogP) is 4.57. The summed E-state index contributed by atoms with van der Waals surface area (Å²) in [5.74, 6) is -0.140. The van der Waals surface area contributed by atoms with Gasteiger partial charge in [0.05, 0.1) is 16.8 Å². The number of oxazole rings is 1. The van der Waals surface area contributed by atoms with E-state index in [1.165, 1.54) is 18.2 Å². The van der Waals surface area contributed by atoms with Crippen LogP contribution in [-0.2, 0) is 12.0 Å². The summed E-state index contributed by atoms with van der Waals surface area (Å²) in [6.07, 6.45) is 3.62. The number of amides is 1. The van der Waals surface area contributed by atoms with Crippen LogP contribution in [0.3, 0.4) is 0 Å². The Morgan fingerprint density at radius 2 is 2.03 bits per heavy atom. The van der Waals surface area contributed by atoms with Crippen LogP contribution in [0.2, 0.25) is 0 Å². The molecule has 4 aromatic rings. The van der Waals surface area contributed by atoms with Crippen LogP contribution in [-0.4, -0.2) is 32.5 Å². The van der Waals surface area contributed by atoms with Crippen molar-refractivity contribution in [2.24, 2.45) is 5.73 Å². The zero-order chi connectivity index (χ0) is 24.6. The van der Waals surface area contributed by atoms with Crippen molar-refractivity contribution >= 4 is 5.91 Å². The summed E-state index contributed by atoms with van der Waals surface area (Å²) in [4.78, 5) is 19.4. The molecule has 9 heteroatoms. The minimum absolute atomic E-state index is 0.0295. The Balaban J connectivity index is 1.40. The van der Waals surface area contributed by atoms with Gasteiger partial charge in [-0.2, -0.15) is 0 Å². The van der Waals surface area contributed by atoms with E-state index in [1.807, 2.05) is 37.3 Å².